The lowest BCUT2D eigenvalue weighted by atomic mass is 10.1. The highest BCUT2D eigenvalue weighted by molar-refractivity contribution is 5.84. The number of halogens is 1. The minimum Gasteiger partial charge on any atom is -0.453 e. The molecule has 0 saturated carbocycles. The van der Waals surface area contributed by atoms with Gasteiger partial charge in [-0.15, -0.1) is 0 Å². The van der Waals surface area contributed by atoms with Crippen molar-refractivity contribution < 1.29 is 13.9 Å². The summed E-state index contributed by atoms with van der Waals surface area (Å²) in [5, 5.41) is 8.94. The molecular weight excluding hydrogens is 335 g/mol. The van der Waals surface area contributed by atoms with Crippen LogP contribution in [0.4, 0.5) is 14.9 Å². The number of nitrogens with zero attached hydrogens (tertiary/aromatic N) is 1. The average Bonchev–Trinajstić information content (AvgIpc) is 2.67. The number of hydrogen-bond acceptors (Lipinski definition) is 3. The van der Waals surface area contributed by atoms with E-state index in [-0.39, 0.29) is 5.82 Å². The van der Waals surface area contributed by atoms with E-state index in [9.17, 15) is 9.18 Å². The summed E-state index contributed by atoms with van der Waals surface area (Å²) in [7, 11) is 3.00. The number of carbonyl (C=O) groups is 1. The van der Waals surface area contributed by atoms with Crippen molar-refractivity contribution in [1.82, 2.24) is 10.6 Å². The number of amides is 1. The summed E-state index contributed by atoms with van der Waals surface area (Å²) in [6.45, 7) is 1.14. The van der Waals surface area contributed by atoms with E-state index >= 15 is 0 Å². The lowest BCUT2D eigenvalue weighted by Crippen LogP contribution is -2.37. The lowest BCUT2D eigenvalue weighted by molar-refractivity contribution is 0.187. The van der Waals surface area contributed by atoms with Crippen LogP contribution >= 0.6 is 0 Å². The Morgan fingerprint density at radius 1 is 1.12 bits per heavy atom. The molecule has 0 radical (unpaired) electrons. The Bertz CT molecular complexity index is 747. The average molecular weight is 358 g/mol. The zero-order valence-electron chi connectivity index (χ0n) is 14.9. The van der Waals surface area contributed by atoms with Crippen LogP contribution < -0.4 is 16.0 Å². The topological polar surface area (TPSA) is 74.8 Å². The molecule has 7 heteroatoms. The van der Waals surface area contributed by atoms with Gasteiger partial charge in [0.15, 0.2) is 5.96 Å². The third-order valence-electron chi connectivity index (χ3n) is 3.71. The zero-order valence-corrected chi connectivity index (χ0v) is 14.9. The molecule has 0 spiro atoms. The molecule has 2 aromatic rings. The van der Waals surface area contributed by atoms with E-state index in [1.807, 2.05) is 18.2 Å². The third kappa shape index (κ3) is 6.08. The van der Waals surface area contributed by atoms with Gasteiger partial charge in [-0.3, -0.25) is 10.3 Å². The maximum Gasteiger partial charge on any atom is 0.411 e. The van der Waals surface area contributed by atoms with Crippen molar-refractivity contribution in [2.24, 2.45) is 4.99 Å². The maximum absolute atomic E-state index is 13.6. The Morgan fingerprint density at radius 3 is 2.50 bits per heavy atom. The van der Waals surface area contributed by atoms with Crippen LogP contribution in [0.3, 0.4) is 0 Å². The second-order valence-corrected chi connectivity index (χ2v) is 5.51. The van der Waals surface area contributed by atoms with Crippen LogP contribution in [0, 0.1) is 5.82 Å². The molecule has 26 heavy (non-hydrogen) atoms. The molecule has 0 saturated heterocycles. The summed E-state index contributed by atoms with van der Waals surface area (Å²) in [6, 6.07) is 14.1. The molecule has 0 aliphatic rings. The molecule has 0 heterocycles. The third-order valence-corrected chi connectivity index (χ3v) is 3.71. The number of methoxy groups -OCH3 is 1. The van der Waals surface area contributed by atoms with E-state index in [1.165, 1.54) is 13.2 Å². The van der Waals surface area contributed by atoms with Gasteiger partial charge in [0.05, 0.1) is 7.11 Å². The Morgan fingerprint density at radius 2 is 1.85 bits per heavy atom. The molecule has 0 aromatic heterocycles. The van der Waals surface area contributed by atoms with Crippen LogP contribution in [-0.2, 0) is 17.7 Å². The maximum atomic E-state index is 13.6. The highest BCUT2D eigenvalue weighted by Gasteiger charge is 2.03. The molecule has 138 valence electrons. The number of rotatable bonds is 6. The normalized spacial score (nSPS) is 11.0. The number of benzene rings is 2. The fourth-order valence-electron chi connectivity index (χ4n) is 2.30. The first-order valence-corrected chi connectivity index (χ1v) is 8.24. The molecule has 1 amide bonds. The Balaban J connectivity index is 1.78. The van der Waals surface area contributed by atoms with Gasteiger partial charge in [0, 0.05) is 25.8 Å². The quantitative estimate of drug-likeness (QED) is 0.548. The molecule has 0 bridgehead atoms. The van der Waals surface area contributed by atoms with Crippen molar-refractivity contribution in [1.29, 1.82) is 0 Å². The van der Waals surface area contributed by atoms with Crippen LogP contribution in [0.2, 0.25) is 0 Å². The Labute approximate surface area is 152 Å². The van der Waals surface area contributed by atoms with Gasteiger partial charge in [0.25, 0.3) is 0 Å². The Hall–Kier alpha value is -3.09. The fraction of sp³-hybridized carbons (Fsp3) is 0.263. The van der Waals surface area contributed by atoms with E-state index in [1.54, 1.807) is 31.3 Å². The SMILES string of the molecule is CN=C(NCCc1ccccc1F)NCc1ccc(NC(=O)OC)cc1. The molecule has 0 aliphatic heterocycles. The largest absolute Gasteiger partial charge is 0.453 e. The van der Waals surface area contributed by atoms with E-state index < -0.39 is 6.09 Å². The van der Waals surface area contributed by atoms with Crippen LogP contribution in [-0.4, -0.2) is 32.8 Å². The standard InChI is InChI=1S/C19H23FN4O2/c1-21-18(22-12-11-15-5-3-4-6-17(15)20)23-13-14-7-9-16(10-8-14)24-19(25)26-2/h3-10H,11-13H2,1-2H3,(H,24,25)(H2,21,22,23). The van der Waals surface area contributed by atoms with Crippen molar-refractivity contribution in [2.45, 2.75) is 13.0 Å². The molecule has 0 atom stereocenters. The minimum absolute atomic E-state index is 0.196. The summed E-state index contributed by atoms with van der Waals surface area (Å²) in [6.07, 6.45) is 0.0664. The summed E-state index contributed by atoms with van der Waals surface area (Å²) in [4.78, 5) is 15.3. The Kier molecular flexibility index (Phi) is 7.42. The van der Waals surface area contributed by atoms with E-state index in [2.05, 4.69) is 25.7 Å². The highest BCUT2D eigenvalue weighted by Crippen LogP contribution is 2.10. The number of carbonyl (C=O) groups excluding carboxylic acids is 1. The summed E-state index contributed by atoms with van der Waals surface area (Å²) < 4.78 is 18.1. The molecule has 0 unspecified atom stereocenters. The van der Waals surface area contributed by atoms with Gasteiger partial charge in [-0.2, -0.15) is 0 Å². The smallest absolute Gasteiger partial charge is 0.411 e. The van der Waals surface area contributed by atoms with Crippen LogP contribution in [0.25, 0.3) is 0 Å². The van der Waals surface area contributed by atoms with Gasteiger partial charge in [-0.1, -0.05) is 30.3 Å². The monoisotopic (exact) mass is 358 g/mol. The highest BCUT2D eigenvalue weighted by atomic mass is 19.1. The van der Waals surface area contributed by atoms with Crippen LogP contribution in [0.15, 0.2) is 53.5 Å². The van der Waals surface area contributed by atoms with Gasteiger partial charge in [-0.25, -0.2) is 9.18 Å². The lowest BCUT2D eigenvalue weighted by Gasteiger charge is -2.12. The number of aliphatic imine (C=N–C) groups is 1. The molecule has 2 rings (SSSR count). The molecule has 2 aromatic carbocycles. The van der Waals surface area contributed by atoms with Crippen molar-refractivity contribution >= 4 is 17.7 Å². The van der Waals surface area contributed by atoms with E-state index in [0.717, 1.165) is 5.56 Å². The van der Waals surface area contributed by atoms with Crippen molar-refractivity contribution in [3.8, 4) is 0 Å². The number of hydrogen-bond donors (Lipinski definition) is 3. The summed E-state index contributed by atoms with van der Waals surface area (Å²) in [5.74, 6) is 0.441. The second kappa shape index (κ2) is 10.0. The second-order valence-electron chi connectivity index (χ2n) is 5.51. The van der Waals surface area contributed by atoms with Gasteiger partial charge in [0.1, 0.15) is 5.82 Å². The molecule has 3 N–H and O–H groups in total. The van der Waals surface area contributed by atoms with Gasteiger partial charge in [-0.05, 0) is 35.7 Å². The minimum atomic E-state index is -0.504. The summed E-state index contributed by atoms with van der Waals surface area (Å²) in [5.41, 5.74) is 2.36. The first kappa shape index (κ1) is 19.2. The van der Waals surface area contributed by atoms with Gasteiger partial charge >= 0.3 is 6.09 Å². The van der Waals surface area contributed by atoms with Gasteiger partial charge in [0.2, 0.25) is 0 Å². The predicted octanol–water partition coefficient (Wildman–Crippen LogP) is 2.91. The summed E-state index contributed by atoms with van der Waals surface area (Å²) >= 11 is 0. The first-order chi connectivity index (χ1) is 12.6. The first-order valence-electron chi connectivity index (χ1n) is 8.24. The molecular formula is C19H23FN4O2. The fourth-order valence-corrected chi connectivity index (χ4v) is 2.30. The zero-order chi connectivity index (χ0) is 18.8. The number of guanidine groups is 1. The number of nitrogens with one attached hydrogen (secondary N) is 3. The van der Waals surface area contributed by atoms with Crippen molar-refractivity contribution in [3.63, 3.8) is 0 Å². The van der Waals surface area contributed by atoms with Gasteiger partial charge < -0.3 is 15.4 Å². The van der Waals surface area contributed by atoms with E-state index in [4.69, 9.17) is 0 Å². The predicted molar refractivity (Wildman–Crippen MR) is 101 cm³/mol. The number of ether oxygens (including phenoxy) is 1. The van der Waals surface area contributed by atoms with Crippen molar-refractivity contribution in [3.05, 3.63) is 65.5 Å². The van der Waals surface area contributed by atoms with Crippen LogP contribution in [0.1, 0.15) is 11.1 Å². The number of anilines is 1. The van der Waals surface area contributed by atoms with Crippen LogP contribution in [0.5, 0.6) is 0 Å². The molecule has 0 fully saturated rings. The molecule has 6 nitrogen and oxygen atoms in total. The van der Waals surface area contributed by atoms with E-state index in [0.29, 0.717) is 36.7 Å². The van der Waals surface area contributed by atoms with Crippen molar-refractivity contribution in [2.75, 3.05) is 26.0 Å². The molecule has 0 aliphatic carbocycles.